The van der Waals surface area contributed by atoms with Crippen molar-refractivity contribution in [2.45, 2.75) is 44.4 Å². The number of likely N-dealkylation sites (tertiary alicyclic amines) is 1. The van der Waals surface area contributed by atoms with Crippen LogP contribution in [-0.2, 0) is 16.6 Å². The highest BCUT2D eigenvalue weighted by Crippen LogP contribution is 2.40. The fourth-order valence-electron chi connectivity index (χ4n) is 6.84. The van der Waals surface area contributed by atoms with E-state index in [-0.39, 0.29) is 17.7 Å². The number of aromatic nitrogens is 2. The molecule has 0 aliphatic carbocycles. The van der Waals surface area contributed by atoms with Crippen LogP contribution in [0.15, 0.2) is 18.2 Å². The highest BCUT2D eigenvalue weighted by molar-refractivity contribution is 6.03. The number of para-hydroxylation sites is 1. The maximum absolute atomic E-state index is 12.5. The number of hydrogen-bond acceptors (Lipinski definition) is 6. The molecule has 1 aromatic carbocycles. The molecular weight excluding hydrogens is 428 g/mol. The molecule has 4 aliphatic rings. The third kappa shape index (κ3) is 3.90. The van der Waals surface area contributed by atoms with E-state index in [1.807, 2.05) is 11.7 Å². The fourth-order valence-corrected chi connectivity index (χ4v) is 6.84. The van der Waals surface area contributed by atoms with Crippen molar-refractivity contribution in [1.82, 2.24) is 25.3 Å². The van der Waals surface area contributed by atoms with E-state index in [1.165, 1.54) is 64.1 Å². The standard InChI is InChI=1S/C26H36N6O2/c1-30-24-19(23(29-30)20-5-6-22(33)28-25(20)34)3-2-4-21(24)32-13-7-18(8-14-32)15-31-16-26(17-31)9-11-27-12-10-26/h2-4,18,20,27H,5-17H2,1H3,(H,28,33,34). The first kappa shape index (κ1) is 22.0. The molecule has 182 valence electrons. The molecule has 4 saturated heterocycles. The van der Waals surface area contributed by atoms with Gasteiger partial charge in [-0.25, -0.2) is 0 Å². The number of fused-ring (bicyclic) bond motifs is 1. The van der Waals surface area contributed by atoms with Crippen molar-refractivity contribution in [3.05, 3.63) is 23.9 Å². The van der Waals surface area contributed by atoms with Crippen molar-refractivity contribution < 1.29 is 9.59 Å². The van der Waals surface area contributed by atoms with Gasteiger partial charge in [0.2, 0.25) is 11.8 Å². The van der Waals surface area contributed by atoms with E-state index in [1.54, 1.807) is 0 Å². The molecule has 1 atom stereocenters. The van der Waals surface area contributed by atoms with Crippen LogP contribution in [0.3, 0.4) is 0 Å². The molecule has 2 N–H and O–H groups in total. The molecule has 2 aromatic rings. The van der Waals surface area contributed by atoms with Crippen LogP contribution >= 0.6 is 0 Å². The number of nitrogens with zero attached hydrogens (tertiary/aromatic N) is 4. The summed E-state index contributed by atoms with van der Waals surface area (Å²) in [5.74, 6) is 0.0103. The van der Waals surface area contributed by atoms with E-state index in [9.17, 15) is 9.59 Å². The lowest BCUT2D eigenvalue weighted by molar-refractivity contribution is -0.134. The van der Waals surface area contributed by atoms with Crippen molar-refractivity contribution in [2.24, 2.45) is 18.4 Å². The predicted octanol–water partition coefficient (Wildman–Crippen LogP) is 2.00. The van der Waals surface area contributed by atoms with Crippen molar-refractivity contribution in [1.29, 1.82) is 0 Å². The van der Waals surface area contributed by atoms with Crippen molar-refractivity contribution in [3.63, 3.8) is 0 Å². The first-order chi connectivity index (χ1) is 16.5. The molecule has 6 rings (SSSR count). The van der Waals surface area contributed by atoms with Crippen LogP contribution in [0.2, 0.25) is 0 Å². The van der Waals surface area contributed by atoms with Crippen LogP contribution in [0.1, 0.15) is 50.1 Å². The van der Waals surface area contributed by atoms with Gasteiger partial charge < -0.3 is 15.1 Å². The lowest BCUT2D eigenvalue weighted by Crippen LogP contribution is -2.60. The Balaban J connectivity index is 1.12. The summed E-state index contributed by atoms with van der Waals surface area (Å²) >= 11 is 0. The quantitative estimate of drug-likeness (QED) is 0.674. The molecule has 4 aliphatic heterocycles. The Bertz CT molecular complexity index is 1090. The molecule has 0 radical (unpaired) electrons. The Labute approximate surface area is 201 Å². The number of nitrogens with one attached hydrogen (secondary N) is 2. The number of amides is 2. The molecule has 2 amide bonds. The van der Waals surface area contributed by atoms with Gasteiger partial charge in [-0.1, -0.05) is 12.1 Å². The first-order valence-electron chi connectivity index (χ1n) is 13.0. The molecule has 0 bridgehead atoms. The summed E-state index contributed by atoms with van der Waals surface area (Å²) in [6.45, 7) is 8.35. The van der Waals surface area contributed by atoms with Gasteiger partial charge >= 0.3 is 0 Å². The van der Waals surface area contributed by atoms with Gasteiger partial charge in [-0.2, -0.15) is 5.10 Å². The van der Waals surface area contributed by atoms with Gasteiger partial charge in [0.25, 0.3) is 0 Å². The smallest absolute Gasteiger partial charge is 0.235 e. The van der Waals surface area contributed by atoms with E-state index >= 15 is 0 Å². The van der Waals surface area contributed by atoms with E-state index < -0.39 is 0 Å². The fraction of sp³-hybridized carbons (Fsp3) is 0.654. The summed E-state index contributed by atoms with van der Waals surface area (Å²) in [6.07, 6.45) is 6.03. The lowest BCUT2D eigenvalue weighted by atomic mass is 9.72. The third-order valence-electron chi connectivity index (χ3n) is 8.70. The van der Waals surface area contributed by atoms with Crippen LogP contribution in [0, 0.1) is 11.3 Å². The molecule has 1 unspecified atom stereocenters. The zero-order valence-electron chi connectivity index (χ0n) is 20.2. The zero-order chi connectivity index (χ0) is 23.3. The van der Waals surface area contributed by atoms with E-state index in [4.69, 9.17) is 5.10 Å². The Kier molecular flexibility index (Phi) is 5.60. The summed E-state index contributed by atoms with van der Waals surface area (Å²) in [4.78, 5) is 29.3. The summed E-state index contributed by atoms with van der Waals surface area (Å²) in [5.41, 5.74) is 3.71. The Hall–Kier alpha value is -2.45. The largest absolute Gasteiger partial charge is 0.370 e. The van der Waals surface area contributed by atoms with Crippen molar-refractivity contribution in [3.8, 4) is 0 Å². The molecule has 1 aromatic heterocycles. The van der Waals surface area contributed by atoms with E-state index in [0.29, 0.717) is 18.3 Å². The number of aryl methyl sites for hydroxylation is 1. The zero-order valence-corrected chi connectivity index (χ0v) is 20.2. The maximum atomic E-state index is 12.5. The number of carbonyl (C=O) groups excluding carboxylic acids is 2. The number of rotatable bonds is 4. The van der Waals surface area contributed by atoms with Gasteiger partial charge in [0.05, 0.1) is 22.8 Å². The highest BCUT2D eigenvalue weighted by atomic mass is 16.2. The minimum Gasteiger partial charge on any atom is -0.370 e. The van der Waals surface area contributed by atoms with Crippen LogP contribution < -0.4 is 15.5 Å². The molecule has 8 heteroatoms. The van der Waals surface area contributed by atoms with Crippen molar-refractivity contribution in [2.75, 3.05) is 50.7 Å². The number of benzene rings is 1. The molecular formula is C26H36N6O2. The third-order valence-corrected chi connectivity index (χ3v) is 8.70. The van der Waals surface area contributed by atoms with Crippen LogP contribution in [0.4, 0.5) is 5.69 Å². The number of piperidine rings is 3. The molecule has 34 heavy (non-hydrogen) atoms. The lowest BCUT2D eigenvalue weighted by Gasteiger charge is -2.54. The number of imide groups is 1. The van der Waals surface area contributed by atoms with Crippen LogP contribution in [-0.4, -0.2) is 72.3 Å². The maximum Gasteiger partial charge on any atom is 0.235 e. The van der Waals surface area contributed by atoms with Gasteiger partial charge in [-0.3, -0.25) is 19.6 Å². The monoisotopic (exact) mass is 464 g/mol. The molecule has 1 spiro atoms. The normalized spacial score (nSPS) is 26.1. The van der Waals surface area contributed by atoms with Crippen LogP contribution in [0.25, 0.3) is 10.9 Å². The first-order valence-corrected chi connectivity index (χ1v) is 13.0. The van der Waals surface area contributed by atoms with Gasteiger partial charge in [-0.15, -0.1) is 0 Å². The Morgan fingerprint density at radius 1 is 1.09 bits per heavy atom. The Morgan fingerprint density at radius 3 is 2.59 bits per heavy atom. The van der Waals surface area contributed by atoms with Crippen LogP contribution in [0.5, 0.6) is 0 Å². The SMILES string of the molecule is Cn1nc(C2CCC(=O)NC2=O)c2cccc(N3CCC(CN4CC5(CCNCC5)C4)CC3)c21. The number of anilines is 1. The van der Waals surface area contributed by atoms with Gasteiger partial charge in [-0.05, 0) is 62.6 Å². The topological polar surface area (TPSA) is 82.5 Å². The average Bonchev–Trinajstić information content (AvgIpc) is 3.16. The Morgan fingerprint density at radius 2 is 1.85 bits per heavy atom. The molecule has 4 fully saturated rings. The minimum absolute atomic E-state index is 0.186. The highest BCUT2D eigenvalue weighted by Gasteiger charge is 2.43. The minimum atomic E-state index is -0.359. The second-order valence-electron chi connectivity index (χ2n) is 11.0. The van der Waals surface area contributed by atoms with Crippen molar-refractivity contribution >= 4 is 28.4 Å². The van der Waals surface area contributed by atoms with E-state index in [0.717, 1.165) is 35.6 Å². The predicted molar refractivity (Wildman–Crippen MR) is 132 cm³/mol. The summed E-state index contributed by atoms with van der Waals surface area (Å²) in [7, 11) is 1.97. The van der Waals surface area contributed by atoms with Gasteiger partial charge in [0.15, 0.2) is 0 Å². The second-order valence-corrected chi connectivity index (χ2v) is 11.0. The molecule has 0 saturated carbocycles. The van der Waals surface area contributed by atoms with E-state index in [2.05, 4.69) is 38.6 Å². The number of hydrogen-bond donors (Lipinski definition) is 2. The second kappa shape index (κ2) is 8.64. The molecule has 8 nitrogen and oxygen atoms in total. The molecule has 5 heterocycles. The van der Waals surface area contributed by atoms with Gasteiger partial charge in [0.1, 0.15) is 0 Å². The van der Waals surface area contributed by atoms with Gasteiger partial charge in [0, 0.05) is 51.6 Å². The number of carbonyl (C=O) groups is 2. The average molecular weight is 465 g/mol. The summed E-state index contributed by atoms with van der Waals surface area (Å²) < 4.78 is 1.92. The summed E-state index contributed by atoms with van der Waals surface area (Å²) in [5, 5.41) is 11.8. The summed E-state index contributed by atoms with van der Waals surface area (Å²) in [6, 6.07) is 6.34.